The highest BCUT2D eigenvalue weighted by Gasteiger charge is 2.41. The summed E-state index contributed by atoms with van der Waals surface area (Å²) < 4.78 is 49.7. The Kier molecular flexibility index (Phi) is 10.1. The van der Waals surface area contributed by atoms with Crippen molar-refractivity contribution in [2.75, 3.05) is 6.67 Å². The maximum absolute atomic E-state index is 12.6. The fourth-order valence-corrected chi connectivity index (χ4v) is 2.01. The summed E-state index contributed by atoms with van der Waals surface area (Å²) in [4.78, 5) is 68.3. The van der Waals surface area contributed by atoms with Gasteiger partial charge in [0.25, 0.3) is 0 Å². The number of halogens is 4. The number of carbonyl (C=O) groups excluding carboxylic acids is 6. The quantitative estimate of drug-likeness (QED) is 0.228. The van der Waals surface area contributed by atoms with E-state index >= 15 is 0 Å². The van der Waals surface area contributed by atoms with E-state index in [1.54, 1.807) is 0 Å². The third kappa shape index (κ3) is 8.79. The van der Waals surface area contributed by atoms with Crippen molar-refractivity contribution < 1.29 is 46.3 Å². The number of rotatable bonds is 11. The summed E-state index contributed by atoms with van der Waals surface area (Å²) in [5, 5.41) is 5.54. The van der Waals surface area contributed by atoms with E-state index in [1.165, 1.54) is 19.2 Å². The van der Waals surface area contributed by atoms with Gasteiger partial charge in [-0.25, -0.2) is 4.39 Å². The molecule has 3 atom stereocenters. The second kappa shape index (κ2) is 11.2. The van der Waals surface area contributed by atoms with Crippen LogP contribution in [0.3, 0.4) is 0 Å². The van der Waals surface area contributed by atoms with E-state index < -0.39 is 72.6 Å². The number of nitrogens with one attached hydrogen (secondary N) is 3. The van der Waals surface area contributed by atoms with E-state index in [2.05, 4.69) is 5.32 Å². The van der Waals surface area contributed by atoms with Gasteiger partial charge in [0.15, 0.2) is 17.9 Å². The van der Waals surface area contributed by atoms with Gasteiger partial charge in [0, 0.05) is 6.42 Å². The number of aldehydes is 1. The maximum Gasteiger partial charge on any atom is 0.471 e. The van der Waals surface area contributed by atoms with Crippen molar-refractivity contribution >= 4 is 35.6 Å². The molecule has 0 saturated carbocycles. The molecule has 0 bridgehead atoms. The first-order valence-corrected chi connectivity index (χ1v) is 8.29. The predicted molar refractivity (Wildman–Crippen MR) is 89.0 cm³/mol. The van der Waals surface area contributed by atoms with E-state index in [1.807, 2.05) is 5.32 Å². The molecule has 0 aliphatic heterocycles. The Morgan fingerprint density at radius 3 is 1.90 bits per heavy atom. The SMILES string of the molecule is CC(NC(=O)C(NC(=O)C(F)(F)F)C(C)C)C(=O)NC(CC(=O)C=O)C(=O)CF. The zero-order chi connectivity index (χ0) is 22.9. The summed E-state index contributed by atoms with van der Waals surface area (Å²) in [5.41, 5.74) is 0. The molecule has 3 N–H and O–H groups in total. The molecule has 0 aliphatic rings. The van der Waals surface area contributed by atoms with Crippen LogP contribution in [0.25, 0.3) is 0 Å². The Balaban J connectivity index is 5.13. The van der Waals surface area contributed by atoms with Crippen LogP contribution in [0.5, 0.6) is 0 Å². The molecule has 0 radical (unpaired) electrons. The molecule has 13 heteroatoms. The van der Waals surface area contributed by atoms with E-state index in [9.17, 15) is 46.3 Å². The molecule has 0 aromatic rings. The Labute approximate surface area is 162 Å². The van der Waals surface area contributed by atoms with Gasteiger partial charge in [-0.2, -0.15) is 13.2 Å². The summed E-state index contributed by atoms with van der Waals surface area (Å²) in [6, 6.07) is -4.71. The van der Waals surface area contributed by atoms with Gasteiger partial charge in [0.1, 0.15) is 18.8 Å². The van der Waals surface area contributed by atoms with Gasteiger partial charge >= 0.3 is 12.1 Å². The van der Waals surface area contributed by atoms with Crippen LogP contribution >= 0.6 is 0 Å². The Bertz CT molecular complexity index is 666. The number of carbonyl (C=O) groups is 6. The third-order valence-electron chi connectivity index (χ3n) is 3.62. The van der Waals surface area contributed by atoms with Crippen molar-refractivity contribution in [2.45, 2.75) is 51.5 Å². The number of amides is 3. The largest absolute Gasteiger partial charge is 0.471 e. The van der Waals surface area contributed by atoms with Crippen molar-refractivity contribution in [3.05, 3.63) is 0 Å². The van der Waals surface area contributed by atoms with Crippen LogP contribution in [0.4, 0.5) is 17.6 Å². The molecule has 0 fully saturated rings. The Hall–Kier alpha value is -2.86. The molecule has 3 unspecified atom stereocenters. The van der Waals surface area contributed by atoms with Crippen molar-refractivity contribution in [3.63, 3.8) is 0 Å². The molecule has 0 aliphatic carbocycles. The minimum absolute atomic E-state index is 0.119. The molecule has 0 aromatic heterocycles. The highest BCUT2D eigenvalue weighted by atomic mass is 19.4. The average molecular weight is 427 g/mol. The van der Waals surface area contributed by atoms with Gasteiger partial charge < -0.3 is 16.0 Å². The van der Waals surface area contributed by atoms with E-state index in [4.69, 9.17) is 0 Å². The average Bonchev–Trinajstić information content (AvgIpc) is 2.62. The van der Waals surface area contributed by atoms with Gasteiger partial charge in [-0.1, -0.05) is 13.8 Å². The van der Waals surface area contributed by atoms with Crippen molar-refractivity contribution in [2.24, 2.45) is 5.92 Å². The molecular weight excluding hydrogens is 406 g/mol. The minimum Gasteiger partial charge on any atom is -0.344 e. The number of alkyl halides is 4. The number of hydrogen-bond acceptors (Lipinski definition) is 6. The number of ketones is 2. The molecule has 3 amide bonds. The third-order valence-corrected chi connectivity index (χ3v) is 3.62. The van der Waals surface area contributed by atoms with E-state index in [0.29, 0.717) is 0 Å². The van der Waals surface area contributed by atoms with Crippen LogP contribution in [0.15, 0.2) is 0 Å². The molecular formula is C16H21F4N3O6. The van der Waals surface area contributed by atoms with Gasteiger partial charge in [0.2, 0.25) is 11.8 Å². The maximum atomic E-state index is 12.6. The molecule has 0 heterocycles. The van der Waals surface area contributed by atoms with Crippen molar-refractivity contribution in [1.82, 2.24) is 16.0 Å². The summed E-state index contributed by atoms with van der Waals surface area (Å²) in [6.45, 7) is 2.28. The zero-order valence-corrected chi connectivity index (χ0v) is 15.8. The van der Waals surface area contributed by atoms with Crippen LogP contribution in [-0.4, -0.2) is 66.6 Å². The molecule has 9 nitrogen and oxygen atoms in total. The monoisotopic (exact) mass is 427 g/mol. The van der Waals surface area contributed by atoms with E-state index in [0.717, 1.165) is 6.92 Å². The summed E-state index contributed by atoms with van der Waals surface area (Å²) in [7, 11) is 0. The second-order valence-corrected chi connectivity index (χ2v) is 6.37. The van der Waals surface area contributed by atoms with Gasteiger partial charge in [-0.3, -0.25) is 28.8 Å². The lowest BCUT2D eigenvalue weighted by Gasteiger charge is -2.25. The van der Waals surface area contributed by atoms with Gasteiger partial charge in [0.05, 0.1) is 6.04 Å². The van der Waals surface area contributed by atoms with Crippen LogP contribution in [0.2, 0.25) is 0 Å². The van der Waals surface area contributed by atoms with Gasteiger partial charge in [-0.05, 0) is 12.8 Å². The lowest BCUT2D eigenvalue weighted by atomic mass is 10.0. The molecule has 0 spiro atoms. The molecule has 29 heavy (non-hydrogen) atoms. The fourth-order valence-electron chi connectivity index (χ4n) is 2.01. The first kappa shape index (κ1) is 26.1. The molecule has 0 rings (SSSR count). The normalized spacial score (nSPS) is 14.3. The number of Topliss-reactive ketones (excluding diaryl/α,β-unsaturated/α-hetero) is 2. The first-order chi connectivity index (χ1) is 13.2. The fraction of sp³-hybridized carbons (Fsp3) is 0.625. The van der Waals surface area contributed by atoms with E-state index in [-0.39, 0.29) is 6.29 Å². The summed E-state index contributed by atoms with van der Waals surface area (Å²) in [6.07, 6.45) is -6.14. The Morgan fingerprint density at radius 2 is 1.48 bits per heavy atom. The lowest BCUT2D eigenvalue weighted by molar-refractivity contribution is -0.175. The first-order valence-electron chi connectivity index (χ1n) is 8.29. The highest BCUT2D eigenvalue weighted by Crippen LogP contribution is 2.15. The topological polar surface area (TPSA) is 139 Å². The lowest BCUT2D eigenvalue weighted by Crippen LogP contribution is -2.57. The number of hydrogen-bond donors (Lipinski definition) is 3. The molecule has 0 saturated heterocycles. The van der Waals surface area contributed by atoms with Crippen LogP contribution < -0.4 is 16.0 Å². The standard InChI is InChI=1S/C16H21F4N3O6/c1-7(2)12(23-15(29)16(18,19)20)14(28)21-8(3)13(27)22-10(11(26)5-17)4-9(25)6-24/h6-8,10,12H,4-5H2,1-3H3,(H,21,28)(H,22,27)(H,23,29). The second-order valence-electron chi connectivity index (χ2n) is 6.37. The van der Waals surface area contributed by atoms with Crippen LogP contribution in [-0.2, 0) is 28.8 Å². The smallest absolute Gasteiger partial charge is 0.344 e. The van der Waals surface area contributed by atoms with Crippen molar-refractivity contribution in [3.8, 4) is 0 Å². The van der Waals surface area contributed by atoms with Crippen LogP contribution in [0, 0.1) is 5.92 Å². The molecule has 164 valence electrons. The van der Waals surface area contributed by atoms with Crippen LogP contribution in [0.1, 0.15) is 27.2 Å². The zero-order valence-electron chi connectivity index (χ0n) is 15.8. The highest BCUT2D eigenvalue weighted by molar-refractivity contribution is 6.25. The summed E-state index contributed by atoms with van der Waals surface area (Å²) >= 11 is 0. The Morgan fingerprint density at radius 1 is 0.931 bits per heavy atom. The predicted octanol–water partition coefficient (Wildman–Crippen LogP) is -0.624. The summed E-state index contributed by atoms with van der Waals surface area (Å²) in [5.74, 6) is -7.56. The molecule has 0 aromatic carbocycles. The van der Waals surface area contributed by atoms with Gasteiger partial charge in [-0.15, -0.1) is 0 Å². The van der Waals surface area contributed by atoms with Crippen molar-refractivity contribution in [1.29, 1.82) is 0 Å². The minimum atomic E-state index is -5.22.